The maximum absolute atomic E-state index is 9.16. The van der Waals surface area contributed by atoms with Gasteiger partial charge in [-0.2, -0.15) is 0 Å². The van der Waals surface area contributed by atoms with Crippen LogP contribution in [0.15, 0.2) is 23.2 Å². The van der Waals surface area contributed by atoms with Crippen molar-refractivity contribution in [3.8, 4) is 0 Å². The molecule has 0 bridgehead atoms. The minimum absolute atomic E-state index is 0.160. The van der Waals surface area contributed by atoms with Crippen molar-refractivity contribution in [3.05, 3.63) is 33.8 Å². The number of alkyl halides is 1. The highest BCUT2D eigenvalue weighted by molar-refractivity contribution is 6.38. The molecule has 82 valence electrons. The largest absolute Gasteiger partial charge is 0.390 e. The number of aliphatic imine (C=N–C) groups is 1. The molecule has 0 fully saturated rings. The van der Waals surface area contributed by atoms with Gasteiger partial charge in [-0.25, -0.2) is 0 Å². The highest BCUT2D eigenvalue weighted by atomic mass is 35.5. The van der Waals surface area contributed by atoms with Gasteiger partial charge in [0, 0.05) is 11.8 Å². The van der Waals surface area contributed by atoms with Crippen LogP contribution in [0.4, 0.5) is 0 Å². The molecular formula is C10H10Cl3NO. The summed E-state index contributed by atoms with van der Waals surface area (Å²) in [4.78, 5) is 4.01. The van der Waals surface area contributed by atoms with Crippen molar-refractivity contribution in [2.75, 3.05) is 12.4 Å². The van der Waals surface area contributed by atoms with Gasteiger partial charge >= 0.3 is 0 Å². The lowest BCUT2D eigenvalue weighted by Gasteiger charge is -2.02. The molecule has 0 aliphatic rings. The number of rotatable bonds is 4. The van der Waals surface area contributed by atoms with E-state index in [0.29, 0.717) is 15.6 Å². The van der Waals surface area contributed by atoms with Crippen LogP contribution in [0.3, 0.4) is 0 Å². The molecule has 0 spiro atoms. The Morgan fingerprint density at radius 2 is 1.93 bits per heavy atom. The van der Waals surface area contributed by atoms with Crippen LogP contribution >= 0.6 is 34.8 Å². The highest BCUT2D eigenvalue weighted by Gasteiger charge is 2.03. The molecule has 0 saturated carbocycles. The SMILES string of the molecule is O[C@H](CCl)CN=Cc1c(Cl)cccc1Cl. The van der Waals surface area contributed by atoms with Gasteiger partial charge in [-0.05, 0) is 12.1 Å². The molecule has 2 nitrogen and oxygen atoms in total. The first-order valence-corrected chi connectivity index (χ1v) is 5.62. The number of hydrogen-bond acceptors (Lipinski definition) is 2. The second kappa shape index (κ2) is 6.33. The Balaban J connectivity index is 2.72. The molecule has 0 aromatic heterocycles. The molecule has 0 unspecified atom stereocenters. The first kappa shape index (κ1) is 12.8. The summed E-state index contributed by atoms with van der Waals surface area (Å²) in [7, 11) is 0. The van der Waals surface area contributed by atoms with Crippen LogP contribution < -0.4 is 0 Å². The lowest BCUT2D eigenvalue weighted by Crippen LogP contribution is -2.12. The Labute approximate surface area is 103 Å². The monoisotopic (exact) mass is 265 g/mol. The Morgan fingerprint density at radius 1 is 1.33 bits per heavy atom. The van der Waals surface area contributed by atoms with Crippen LogP contribution in [0.1, 0.15) is 5.56 Å². The van der Waals surface area contributed by atoms with Crippen molar-refractivity contribution >= 4 is 41.0 Å². The van der Waals surface area contributed by atoms with Gasteiger partial charge in [0.2, 0.25) is 0 Å². The third-order valence-corrected chi connectivity index (χ3v) is 2.73. The maximum atomic E-state index is 9.16. The van der Waals surface area contributed by atoms with Crippen molar-refractivity contribution < 1.29 is 5.11 Å². The van der Waals surface area contributed by atoms with Crippen LogP contribution in [0.2, 0.25) is 10.0 Å². The van der Waals surface area contributed by atoms with E-state index < -0.39 is 6.10 Å². The fourth-order valence-electron chi connectivity index (χ4n) is 0.949. The number of hydrogen-bond donors (Lipinski definition) is 1. The predicted octanol–water partition coefficient (Wildman–Crippen LogP) is 3.01. The molecular weight excluding hydrogens is 256 g/mol. The first-order valence-electron chi connectivity index (χ1n) is 4.33. The number of nitrogens with zero attached hydrogens (tertiary/aromatic N) is 1. The summed E-state index contributed by atoms with van der Waals surface area (Å²) in [5.74, 6) is 0.160. The molecule has 1 N–H and O–H groups in total. The number of benzene rings is 1. The fourth-order valence-corrected chi connectivity index (χ4v) is 1.54. The van der Waals surface area contributed by atoms with Gasteiger partial charge in [-0.3, -0.25) is 4.99 Å². The van der Waals surface area contributed by atoms with Crippen molar-refractivity contribution in [1.82, 2.24) is 0 Å². The molecule has 1 aromatic rings. The molecule has 0 aliphatic carbocycles. The number of halogens is 3. The van der Waals surface area contributed by atoms with E-state index in [9.17, 15) is 0 Å². The van der Waals surface area contributed by atoms with E-state index in [2.05, 4.69) is 4.99 Å². The van der Waals surface area contributed by atoms with Gasteiger partial charge < -0.3 is 5.11 Å². The Kier molecular flexibility index (Phi) is 5.40. The van der Waals surface area contributed by atoms with E-state index in [0.717, 1.165) is 0 Å². The number of aliphatic hydroxyl groups excluding tert-OH is 1. The van der Waals surface area contributed by atoms with E-state index in [-0.39, 0.29) is 12.4 Å². The Bertz CT molecular complexity index is 334. The lowest BCUT2D eigenvalue weighted by atomic mass is 10.2. The van der Waals surface area contributed by atoms with Crippen molar-refractivity contribution in [2.24, 2.45) is 4.99 Å². The van der Waals surface area contributed by atoms with Gasteiger partial charge in [-0.1, -0.05) is 29.3 Å². The number of aliphatic hydroxyl groups is 1. The van der Waals surface area contributed by atoms with E-state index >= 15 is 0 Å². The van der Waals surface area contributed by atoms with E-state index in [4.69, 9.17) is 39.9 Å². The van der Waals surface area contributed by atoms with Gasteiger partial charge in [0.15, 0.2) is 0 Å². The van der Waals surface area contributed by atoms with Crippen LogP contribution in [-0.4, -0.2) is 29.8 Å². The molecule has 0 aliphatic heterocycles. The summed E-state index contributed by atoms with van der Waals surface area (Å²) in [5.41, 5.74) is 0.655. The summed E-state index contributed by atoms with van der Waals surface area (Å²) in [6.07, 6.45) is 0.907. The molecule has 0 amide bonds. The highest BCUT2D eigenvalue weighted by Crippen LogP contribution is 2.22. The standard InChI is InChI=1S/C10H10Cl3NO/c11-4-7(15)5-14-6-8-9(12)2-1-3-10(8)13/h1-3,6-7,15H,4-5H2/t7-/m1/s1. The zero-order valence-corrected chi connectivity index (χ0v) is 10.1. The minimum atomic E-state index is -0.635. The second-order valence-corrected chi connectivity index (χ2v) is 4.06. The van der Waals surface area contributed by atoms with Crippen LogP contribution in [0, 0.1) is 0 Å². The van der Waals surface area contributed by atoms with E-state index in [1.165, 1.54) is 0 Å². The Morgan fingerprint density at radius 3 is 2.47 bits per heavy atom. The van der Waals surface area contributed by atoms with Gasteiger partial charge in [-0.15, -0.1) is 11.6 Å². The van der Waals surface area contributed by atoms with E-state index in [1.54, 1.807) is 24.4 Å². The van der Waals surface area contributed by atoms with Crippen LogP contribution in [0.5, 0.6) is 0 Å². The van der Waals surface area contributed by atoms with Crippen LogP contribution in [-0.2, 0) is 0 Å². The average Bonchev–Trinajstić information content (AvgIpc) is 2.22. The molecule has 1 atom stereocenters. The van der Waals surface area contributed by atoms with Crippen molar-refractivity contribution in [1.29, 1.82) is 0 Å². The first-order chi connectivity index (χ1) is 7.15. The summed E-state index contributed by atoms with van der Waals surface area (Å²) in [6.45, 7) is 0.241. The van der Waals surface area contributed by atoms with Crippen molar-refractivity contribution in [3.63, 3.8) is 0 Å². The molecule has 1 aromatic carbocycles. The summed E-state index contributed by atoms with van der Waals surface area (Å²) in [6, 6.07) is 5.22. The molecule has 0 heterocycles. The summed E-state index contributed by atoms with van der Waals surface area (Å²) in [5, 5.41) is 10.2. The molecule has 0 saturated heterocycles. The quantitative estimate of drug-likeness (QED) is 0.659. The predicted molar refractivity (Wildman–Crippen MR) is 65.6 cm³/mol. The third-order valence-electron chi connectivity index (χ3n) is 1.71. The topological polar surface area (TPSA) is 32.6 Å². The van der Waals surface area contributed by atoms with Crippen molar-refractivity contribution in [2.45, 2.75) is 6.10 Å². The zero-order chi connectivity index (χ0) is 11.3. The minimum Gasteiger partial charge on any atom is -0.390 e. The van der Waals surface area contributed by atoms with E-state index in [1.807, 2.05) is 0 Å². The normalized spacial score (nSPS) is 13.3. The Hall–Kier alpha value is -0.280. The molecule has 1 rings (SSSR count). The summed E-state index contributed by atoms with van der Waals surface area (Å²) >= 11 is 17.2. The van der Waals surface area contributed by atoms with Crippen LogP contribution in [0.25, 0.3) is 0 Å². The lowest BCUT2D eigenvalue weighted by molar-refractivity contribution is 0.207. The van der Waals surface area contributed by atoms with Gasteiger partial charge in [0.1, 0.15) is 0 Å². The molecule has 15 heavy (non-hydrogen) atoms. The van der Waals surface area contributed by atoms with Gasteiger partial charge in [0.05, 0.1) is 28.6 Å². The molecule has 0 radical (unpaired) electrons. The van der Waals surface area contributed by atoms with Gasteiger partial charge in [0.25, 0.3) is 0 Å². The molecule has 5 heteroatoms. The zero-order valence-electron chi connectivity index (χ0n) is 7.83. The smallest absolute Gasteiger partial charge is 0.0870 e. The fraction of sp³-hybridized carbons (Fsp3) is 0.300. The maximum Gasteiger partial charge on any atom is 0.0870 e. The average molecular weight is 267 g/mol. The second-order valence-electron chi connectivity index (χ2n) is 2.94. The third kappa shape index (κ3) is 3.99. The summed E-state index contributed by atoms with van der Waals surface area (Å²) < 4.78 is 0.